The number of nitroso groups, excluding NO2 is 1. The third kappa shape index (κ3) is 1.40. The molecule has 0 bridgehead atoms. The molecule has 0 aliphatic carbocycles. The van der Waals surface area contributed by atoms with Gasteiger partial charge in [-0.25, -0.2) is 0 Å². The SMILES string of the molecule is CN([C]=O)N=O. The molecule has 33 valence electrons. The molecule has 0 aliphatic heterocycles. The first-order chi connectivity index (χ1) is 2.81. The third-order valence-electron chi connectivity index (χ3n) is 0.255. The van der Waals surface area contributed by atoms with Crippen molar-refractivity contribution in [2.45, 2.75) is 0 Å². The van der Waals surface area contributed by atoms with Crippen LogP contribution >= 0.6 is 0 Å². The van der Waals surface area contributed by atoms with Crippen LogP contribution in [0.15, 0.2) is 5.29 Å². The number of rotatable bonds is 2. The molecule has 1 radical (unpaired) electrons. The first-order valence-corrected chi connectivity index (χ1v) is 1.26. The topological polar surface area (TPSA) is 49.7 Å². The Kier molecular flexibility index (Phi) is 1.96. The van der Waals surface area contributed by atoms with E-state index < -0.39 is 0 Å². The van der Waals surface area contributed by atoms with Gasteiger partial charge in [0.2, 0.25) is 0 Å². The molecule has 0 unspecified atom stereocenters. The molecule has 0 saturated heterocycles. The van der Waals surface area contributed by atoms with Crippen LogP contribution < -0.4 is 0 Å². The summed E-state index contributed by atoms with van der Waals surface area (Å²) in [5.74, 6) is 0. The third-order valence-corrected chi connectivity index (χ3v) is 0.255. The highest BCUT2D eigenvalue weighted by Gasteiger charge is 1.83. The van der Waals surface area contributed by atoms with Crippen LogP contribution in [0.1, 0.15) is 0 Å². The van der Waals surface area contributed by atoms with Crippen LogP contribution in [0.2, 0.25) is 0 Å². The molecule has 0 aliphatic rings. The van der Waals surface area contributed by atoms with Crippen molar-refractivity contribution in [2.24, 2.45) is 5.29 Å². The molecular weight excluding hydrogens is 84.0 g/mol. The largest absolute Gasteiger partial charge is 0.336 e. The molecule has 0 heterocycles. The summed E-state index contributed by atoms with van der Waals surface area (Å²) in [6.45, 7) is 0. The van der Waals surface area contributed by atoms with Gasteiger partial charge in [0, 0.05) is 7.05 Å². The predicted octanol–water partition coefficient (Wildman–Crippen LogP) is -0.333. The Morgan fingerprint density at radius 1 is 1.83 bits per heavy atom. The number of hydrogen-bond acceptors (Lipinski definition) is 3. The van der Waals surface area contributed by atoms with Crippen molar-refractivity contribution in [3.05, 3.63) is 4.91 Å². The number of nitrogens with zero attached hydrogens (tertiary/aromatic N) is 2. The highest BCUT2D eigenvalue weighted by atomic mass is 16.3. The average molecular weight is 87.1 g/mol. The standard InChI is InChI=1S/C2H3N2O2/c1-4(2-5)3-6/h1H3. The van der Waals surface area contributed by atoms with Crippen LogP contribution in [0, 0.1) is 4.91 Å². The first kappa shape index (κ1) is 5.07. The van der Waals surface area contributed by atoms with E-state index in [2.05, 4.69) is 5.29 Å². The molecular formula is C2H3N2O2. The Balaban J connectivity index is 3.21. The van der Waals surface area contributed by atoms with Crippen LogP contribution in [0.25, 0.3) is 0 Å². The lowest BCUT2D eigenvalue weighted by atomic mass is 11.2. The summed E-state index contributed by atoms with van der Waals surface area (Å²) in [6.07, 6.45) is 1.22. The van der Waals surface area contributed by atoms with Crippen LogP contribution in [-0.2, 0) is 4.79 Å². The Morgan fingerprint density at radius 2 is 2.33 bits per heavy atom. The second-order valence-electron chi connectivity index (χ2n) is 0.697. The second kappa shape index (κ2) is 2.32. The molecule has 0 N–H and O–H groups in total. The lowest BCUT2D eigenvalue weighted by Crippen LogP contribution is -2.04. The van der Waals surface area contributed by atoms with E-state index >= 15 is 0 Å². The summed E-state index contributed by atoms with van der Waals surface area (Å²) < 4.78 is 0. The van der Waals surface area contributed by atoms with Crippen LogP contribution in [0.4, 0.5) is 0 Å². The monoisotopic (exact) mass is 87.0 g/mol. The number of carbonyl (C=O) groups excluding carboxylic acids is 1. The lowest BCUT2D eigenvalue weighted by Gasteiger charge is -1.86. The van der Waals surface area contributed by atoms with Crippen LogP contribution in [0.5, 0.6) is 0 Å². The van der Waals surface area contributed by atoms with Gasteiger partial charge in [-0.3, -0.25) is 4.79 Å². The Hall–Kier alpha value is -0.930. The van der Waals surface area contributed by atoms with E-state index in [-0.39, 0.29) is 0 Å². The van der Waals surface area contributed by atoms with Gasteiger partial charge in [-0.15, -0.1) is 4.91 Å². The zero-order chi connectivity index (χ0) is 4.99. The van der Waals surface area contributed by atoms with Gasteiger partial charge in [0.15, 0.2) is 0 Å². The molecule has 0 rings (SSSR count). The zero-order valence-electron chi connectivity index (χ0n) is 3.21. The maximum atomic E-state index is 9.24. The van der Waals surface area contributed by atoms with Crippen LogP contribution in [-0.4, -0.2) is 18.5 Å². The van der Waals surface area contributed by atoms with E-state index in [9.17, 15) is 4.79 Å². The second-order valence-corrected chi connectivity index (χ2v) is 0.697. The normalized spacial score (nSPS) is 6.83. The van der Waals surface area contributed by atoms with Gasteiger partial charge in [0.05, 0.1) is 5.29 Å². The molecule has 6 heavy (non-hydrogen) atoms. The number of amides is 1. The fourth-order valence-corrected chi connectivity index (χ4v) is 0.0167. The van der Waals surface area contributed by atoms with Gasteiger partial charge in [-0.05, 0) is 0 Å². The van der Waals surface area contributed by atoms with E-state index in [4.69, 9.17) is 4.91 Å². The smallest absolute Gasteiger partial charge is 0.261 e. The molecule has 4 nitrogen and oxygen atoms in total. The maximum Gasteiger partial charge on any atom is 0.336 e. The van der Waals surface area contributed by atoms with E-state index in [1.807, 2.05) is 0 Å². The van der Waals surface area contributed by atoms with Crippen molar-refractivity contribution in [2.75, 3.05) is 7.05 Å². The molecule has 0 aromatic carbocycles. The van der Waals surface area contributed by atoms with Crippen molar-refractivity contribution in [3.63, 3.8) is 0 Å². The average Bonchev–Trinajstić information content (AvgIpc) is 1.65. The summed E-state index contributed by atoms with van der Waals surface area (Å²) in [6, 6.07) is 0. The summed E-state index contributed by atoms with van der Waals surface area (Å²) in [7, 11) is 1.21. The van der Waals surface area contributed by atoms with Gasteiger partial charge in [-0.1, -0.05) is 0 Å². The minimum Gasteiger partial charge on any atom is -0.261 e. The van der Waals surface area contributed by atoms with Gasteiger partial charge < -0.3 is 0 Å². The van der Waals surface area contributed by atoms with Crippen molar-refractivity contribution in [3.8, 4) is 0 Å². The molecule has 0 aromatic heterocycles. The fourth-order valence-electron chi connectivity index (χ4n) is 0.0167. The fraction of sp³-hybridized carbons (Fsp3) is 0.500. The highest BCUT2D eigenvalue weighted by Crippen LogP contribution is 1.67. The Bertz CT molecular complexity index is 54.6. The van der Waals surface area contributed by atoms with Crippen LogP contribution in [0.3, 0.4) is 0 Å². The van der Waals surface area contributed by atoms with E-state index in [1.165, 1.54) is 13.5 Å². The van der Waals surface area contributed by atoms with Crippen molar-refractivity contribution >= 4 is 6.41 Å². The summed E-state index contributed by atoms with van der Waals surface area (Å²) in [5.41, 5.74) is 0. The van der Waals surface area contributed by atoms with E-state index in [0.717, 1.165) is 0 Å². The highest BCUT2D eigenvalue weighted by molar-refractivity contribution is 5.46. The summed E-state index contributed by atoms with van der Waals surface area (Å²) >= 11 is 0. The summed E-state index contributed by atoms with van der Waals surface area (Å²) in [5, 5.41) is 2.68. The van der Waals surface area contributed by atoms with E-state index in [0.29, 0.717) is 5.01 Å². The summed E-state index contributed by atoms with van der Waals surface area (Å²) in [4.78, 5) is 18.4. The van der Waals surface area contributed by atoms with Gasteiger partial charge in [-0.2, -0.15) is 5.01 Å². The molecule has 0 atom stereocenters. The van der Waals surface area contributed by atoms with Gasteiger partial charge >= 0.3 is 6.41 Å². The molecule has 4 heteroatoms. The Labute approximate surface area is 34.7 Å². The van der Waals surface area contributed by atoms with E-state index in [1.54, 1.807) is 0 Å². The number of hydrogen-bond donors (Lipinski definition) is 0. The Morgan fingerprint density at radius 3 is 2.33 bits per heavy atom. The minimum atomic E-state index is 0.514. The molecule has 0 saturated carbocycles. The quantitative estimate of drug-likeness (QED) is 0.263. The first-order valence-electron chi connectivity index (χ1n) is 1.26. The molecule has 0 spiro atoms. The zero-order valence-corrected chi connectivity index (χ0v) is 3.21. The van der Waals surface area contributed by atoms with Crippen molar-refractivity contribution in [1.82, 2.24) is 5.01 Å². The maximum absolute atomic E-state index is 9.24. The molecule has 0 aromatic rings. The van der Waals surface area contributed by atoms with Gasteiger partial charge in [0.25, 0.3) is 0 Å². The predicted molar refractivity (Wildman–Crippen MR) is 19.3 cm³/mol. The molecule has 1 amide bonds. The van der Waals surface area contributed by atoms with Crippen molar-refractivity contribution < 1.29 is 4.79 Å². The van der Waals surface area contributed by atoms with Crippen molar-refractivity contribution in [1.29, 1.82) is 0 Å². The van der Waals surface area contributed by atoms with Gasteiger partial charge in [0.1, 0.15) is 0 Å². The lowest BCUT2D eigenvalue weighted by molar-refractivity contribution is 0.448. The minimum absolute atomic E-state index is 0.514. The molecule has 0 fully saturated rings.